The normalized spacial score (nSPS) is 15.5. The number of H-pyrrole nitrogens is 1. The zero-order valence-corrected chi connectivity index (χ0v) is 16.7. The molecule has 6 nitrogen and oxygen atoms in total. The van der Waals surface area contributed by atoms with Crippen LogP contribution in [0.2, 0.25) is 0 Å². The molecule has 2 N–H and O–H groups in total. The number of carbonyl (C=O) groups excluding carboxylic acids is 1. The van der Waals surface area contributed by atoms with Gasteiger partial charge in [0.2, 0.25) is 0 Å². The van der Waals surface area contributed by atoms with Crippen LogP contribution in [0.3, 0.4) is 0 Å². The molecule has 0 radical (unpaired) electrons. The average Bonchev–Trinajstić information content (AvgIpc) is 3.22. The van der Waals surface area contributed by atoms with E-state index in [1.165, 1.54) is 0 Å². The molecule has 6 heteroatoms. The van der Waals surface area contributed by atoms with Crippen molar-refractivity contribution in [3.8, 4) is 22.8 Å². The van der Waals surface area contributed by atoms with Gasteiger partial charge in [0, 0.05) is 17.7 Å². The van der Waals surface area contributed by atoms with Crippen molar-refractivity contribution in [2.24, 2.45) is 0 Å². The maximum atomic E-state index is 13.1. The van der Waals surface area contributed by atoms with E-state index >= 15 is 0 Å². The Labute approximate surface area is 169 Å². The van der Waals surface area contributed by atoms with Gasteiger partial charge in [-0.2, -0.15) is 5.10 Å². The summed E-state index contributed by atoms with van der Waals surface area (Å²) in [6.07, 6.45) is 1.71. The van der Waals surface area contributed by atoms with Crippen LogP contribution < -0.4 is 4.74 Å². The van der Waals surface area contributed by atoms with Crippen LogP contribution >= 0.6 is 0 Å². The van der Waals surface area contributed by atoms with Gasteiger partial charge in [-0.05, 0) is 48.7 Å². The predicted molar refractivity (Wildman–Crippen MR) is 111 cm³/mol. The minimum absolute atomic E-state index is 0.135. The summed E-state index contributed by atoms with van der Waals surface area (Å²) >= 11 is 0. The lowest BCUT2D eigenvalue weighted by Crippen LogP contribution is -2.29. The van der Waals surface area contributed by atoms with Crippen molar-refractivity contribution in [1.29, 1.82) is 0 Å². The highest BCUT2D eigenvalue weighted by Gasteiger charge is 2.42. The van der Waals surface area contributed by atoms with Gasteiger partial charge in [0.05, 0.1) is 13.2 Å². The number of aromatic hydroxyl groups is 1. The predicted octanol–water partition coefficient (Wildman–Crippen LogP) is 4.14. The fraction of sp³-hybridized carbons (Fsp3) is 0.217. The standard InChI is InChI=1S/C23H23N3O3/c1-5-10-26-22(15-6-8-16(29-4)9-7-15)19-20(24-25-21(19)23(26)28)18-14(3)11-13(2)12-17(18)27/h5-9,11-12,22,27H,1,10H2,2-4H3,(H,24,25)/t22-/m0/s1. The molecule has 1 aliphatic rings. The SMILES string of the molecule is C=CCN1C(=O)c2[nH]nc(-c3c(C)cc(C)cc3O)c2[C@@H]1c1ccc(OC)cc1. The van der Waals surface area contributed by atoms with E-state index in [0.29, 0.717) is 23.5 Å². The summed E-state index contributed by atoms with van der Waals surface area (Å²) in [6, 6.07) is 11.0. The highest BCUT2D eigenvalue weighted by molar-refractivity contribution is 6.00. The molecule has 0 spiro atoms. The maximum Gasteiger partial charge on any atom is 0.273 e. The summed E-state index contributed by atoms with van der Waals surface area (Å²) in [5.41, 5.74) is 5.25. The maximum absolute atomic E-state index is 13.1. The molecule has 0 bridgehead atoms. The van der Waals surface area contributed by atoms with Crippen molar-refractivity contribution in [3.63, 3.8) is 0 Å². The molecule has 1 aliphatic heterocycles. The molecule has 29 heavy (non-hydrogen) atoms. The number of carbonyl (C=O) groups is 1. The fourth-order valence-corrected chi connectivity index (χ4v) is 4.10. The highest BCUT2D eigenvalue weighted by atomic mass is 16.5. The second-order valence-corrected chi connectivity index (χ2v) is 7.26. The Bertz CT molecular complexity index is 1080. The summed E-state index contributed by atoms with van der Waals surface area (Å²) in [6.45, 7) is 8.07. The van der Waals surface area contributed by atoms with Gasteiger partial charge in [0.25, 0.3) is 5.91 Å². The molecule has 0 saturated heterocycles. The van der Waals surface area contributed by atoms with Crippen LogP contribution in [0, 0.1) is 13.8 Å². The molecule has 3 aromatic rings. The molecule has 0 aliphatic carbocycles. The number of phenols is 1. The molecule has 1 amide bonds. The van der Waals surface area contributed by atoms with Crippen LogP contribution in [0.25, 0.3) is 11.3 Å². The van der Waals surface area contributed by atoms with E-state index in [1.807, 2.05) is 44.2 Å². The lowest BCUT2D eigenvalue weighted by molar-refractivity contribution is 0.0764. The fourth-order valence-electron chi connectivity index (χ4n) is 4.10. The van der Waals surface area contributed by atoms with E-state index in [1.54, 1.807) is 24.2 Å². The van der Waals surface area contributed by atoms with Crippen LogP contribution in [0.1, 0.15) is 38.8 Å². The van der Waals surface area contributed by atoms with Crippen molar-refractivity contribution >= 4 is 5.91 Å². The quantitative estimate of drug-likeness (QED) is 0.643. The Balaban J connectivity index is 1.93. The van der Waals surface area contributed by atoms with E-state index in [9.17, 15) is 9.90 Å². The van der Waals surface area contributed by atoms with Crippen molar-refractivity contribution in [2.75, 3.05) is 13.7 Å². The van der Waals surface area contributed by atoms with Gasteiger partial charge >= 0.3 is 0 Å². The number of aryl methyl sites for hydroxylation is 2. The van der Waals surface area contributed by atoms with Crippen molar-refractivity contribution in [3.05, 3.63) is 77.0 Å². The average molecular weight is 389 g/mol. The largest absolute Gasteiger partial charge is 0.507 e. The van der Waals surface area contributed by atoms with Gasteiger partial charge in [0.15, 0.2) is 0 Å². The van der Waals surface area contributed by atoms with E-state index in [-0.39, 0.29) is 17.7 Å². The zero-order chi connectivity index (χ0) is 20.7. The van der Waals surface area contributed by atoms with Gasteiger partial charge in [-0.3, -0.25) is 9.89 Å². The zero-order valence-electron chi connectivity index (χ0n) is 16.7. The minimum Gasteiger partial charge on any atom is -0.507 e. The number of ether oxygens (including phenoxy) is 1. The van der Waals surface area contributed by atoms with Crippen LogP contribution in [0.4, 0.5) is 0 Å². The Morgan fingerprint density at radius 2 is 2.00 bits per heavy atom. The number of aromatic amines is 1. The number of benzene rings is 2. The lowest BCUT2D eigenvalue weighted by atomic mass is 9.93. The second-order valence-electron chi connectivity index (χ2n) is 7.26. The van der Waals surface area contributed by atoms with Gasteiger partial charge in [-0.25, -0.2) is 0 Å². The number of rotatable bonds is 5. The molecule has 1 aromatic heterocycles. The molecule has 148 valence electrons. The van der Waals surface area contributed by atoms with Crippen LogP contribution in [0.5, 0.6) is 11.5 Å². The summed E-state index contributed by atoms with van der Waals surface area (Å²) in [5, 5.41) is 18.0. The molecular formula is C23H23N3O3. The van der Waals surface area contributed by atoms with Crippen LogP contribution in [-0.2, 0) is 0 Å². The van der Waals surface area contributed by atoms with Gasteiger partial charge in [0.1, 0.15) is 22.9 Å². The number of amides is 1. The number of hydrogen-bond donors (Lipinski definition) is 2. The second kappa shape index (κ2) is 7.13. The molecule has 2 aromatic carbocycles. The lowest BCUT2D eigenvalue weighted by Gasteiger charge is -2.25. The molecular weight excluding hydrogens is 366 g/mol. The Morgan fingerprint density at radius 3 is 2.62 bits per heavy atom. The molecule has 1 atom stereocenters. The van der Waals surface area contributed by atoms with Crippen molar-refractivity contribution in [1.82, 2.24) is 15.1 Å². The first kappa shape index (κ1) is 18.8. The van der Waals surface area contributed by atoms with E-state index in [2.05, 4.69) is 16.8 Å². The first-order valence-electron chi connectivity index (χ1n) is 9.41. The van der Waals surface area contributed by atoms with Gasteiger partial charge in [-0.15, -0.1) is 6.58 Å². The first-order chi connectivity index (χ1) is 14.0. The third kappa shape index (κ3) is 2.97. The number of phenolic OH excluding ortho intramolecular Hbond substituents is 1. The number of fused-ring (bicyclic) bond motifs is 1. The Hall–Kier alpha value is -3.54. The molecule has 0 fully saturated rings. The number of aromatic nitrogens is 2. The number of nitrogens with zero attached hydrogens (tertiary/aromatic N) is 2. The van der Waals surface area contributed by atoms with E-state index in [0.717, 1.165) is 28.0 Å². The summed E-state index contributed by atoms with van der Waals surface area (Å²) < 4.78 is 5.27. The number of methoxy groups -OCH3 is 1. The first-order valence-corrected chi connectivity index (χ1v) is 9.41. The highest BCUT2D eigenvalue weighted by Crippen LogP contribution is 2.45. The minimum atomic E-state index is -0.338. The smallest absolute Gasteiger partial charge is 0.273 e. The Kier molecular flexibility index (Phi) is 4.62. The molecule has 4 rings (SSSR count). The van der Waals surface area contributed by atoms with E-state index in [4.69, 9.17) is 4.74 Å². The molecule has 2 heterocycles. The topological polar surface area (TPSA) is 78.5 Å². The van der Waals surface area contributed by atoms with Gasteiger partial charge < -0.3 is 14.7 Å². The third-order valence-corrected chi connectivity index (χ3v) is 5.32. The van der Waals surface area contributed by atoms with Crippen molar-refractivity contribution < 1.29 is 14.6 Å². The molecule has 0 unspecified atom stereocenters. The summed E-state index contributed by atoms with van der Waals surface area (Å²) in [4.78, 5) is 14.8. The van der Waals surface area contributed by atoms with Gasteiger partial charge in [-0.1, -0.05) is 24.3 Å². The summed E-state index contributed by atoms with van der Waals surface area (Å²) in [7, 11) is 1.62. The van der Waals surface area contributed by atoms with Crippen LogP contribution in [-0.4, -0.2) is 39.8 Å². The van der Waals surface area contributed by atoms with Crippen molar-refractivity contribution in [2.45, 2.75) is 19.9 Å². The summed E-state index contributed by atoms with van der Waals surface area (Å²) in [5.74, 6) is 0.761. The molecule has 0 saturated carbocycles. The van der Waals surface area contributed by atoms with Crippen LogP contribution in [0.15, 0.2) is 49.1 Å². The van der Waals surface area contributed by atoms with E-state index < -0.39 is 0 Å². The third-order valence-electron chi connectivity index (χ3n) is 5.32. The number of hydrogen-bond acceptors (Lipinski definition) is 4. The Morgan fingerprint density at radius 1 is 1.28 bits per heavy atom. The number of nitrogens with one attached hydrogen (secondary N) is 1. The monoisotopic (exact) mass is 389 g/mol.